The number of hydrogen-bond acceptors (Lipinski definition) is 3. The molecule has 0 spiro atoms. The second-order valence-corrected chi connectivity index (χ2v) is 7.16. The van der Waals surface area contributed by atoms with Crippen LogP contribution in [0.15, 0.2) is 11.4 Å². The smallest absolute Gasteiger partial charge is 0.163 e. The van der Waals surface area contributed by atoms with Crippen molar-refractivity contribution >= 4 is 17.1 Å². The van der Waals surface area contributed by atoms with Crippen molar-refractivity contribution < 1.29 is 4.79 Å². The van der Waals surface area contributed by atoms with Crippen molar-refractivity contribution in [2.45, 2.75) is 47.0 Å². The van der Waals surface area contributed by atoms with Gasteiger partial charge in [0.1, 0.15) is 0 Å². The maximum atomic E-state index is 12.1. The summed E-state index contributed by atoms with van der Waals surface area (Å²) in [6, 6.07) is 1.99. The molecule has 18 heavy (non-hydrogen) atoms. The Kier molecular flexibility index (Phi) is 5.54. The summed E-state index contributed by atoms with van der Waals surface area (Å²) in [6.45, 7) is 9.42. The van der Waals surface area contributed by atoms with E-state index in [4.69, 9.17) is 5.73 Å². The minimum absolute atomic E-state index is 0.226. The van der Waals surface area contributed by atoms with Crippen LogP contribution in [0.2, 0.25) is 0 Å². The van der Waals surface area contributed by atoms with Gasteiger partial charge in [-0.25, -0.2) is 0 Å². The molecule has 1 aromatic rings. The lowest BCUT2D eigenvalue weighted by Gasteiger charge is -2.30. The lowest BCUT2D eigenvalue weighted by molar-refractivity contribution is 0.0958. The average molecular weight is 267 g/mol. The van der Waals surface area contributed by atoms with Crippen LogP contribution >= 0.6 is 11.3 Å². The zero-order valence-electron chi connectivity index (χ0n) is 12.0. The minimum atomic E-state index is 0.226. The van der Waals surface area contributed by atoms with Crippen molar-refractivity contribution in [2.24, 2.45) is 17.1 Å². The lowest BCUT2D eigenvalue weighted by atomic mass is 9.76. The Bertz CT molecular complexity index is 389. The van der Waals surface area contributed by atoms with Crippen LogP contribution in [0.1, 0.15) is 55.3 Å². The van der Waals surface area contributed by atoms with Crippen molar-refractivity contribution in [3.63, 3.8) is 0 Å². The highest BCUT2D eigenvalue weighted by atomic mass is 32.1. The average Bonchev–Trinajstić information content (AvgIpc) is 2.69. The molecule has 2 N–H and O–H groups in total. The van der Waals surface area contributed by atoms with Gasteiger partial charge in [-0.15, -0.1) is 11.3 Å². The number of nitrogens with two attached hydrogens (primary N) is 1. The maximum absolute atomic E-state index is 12.1. The van der Waals surface area contributed by atoms with Gasteiger partial charge < -0.3 is 5.73 Å². The molecule has 3 heteroatoms. The van der Waals surface area contributed by atoms with Gasteiger partial charge in [0, 0.05) is 22.2 Å². The molecule has 0 saturated heterocycles. The Hall–Kier alpha value is -0.670. The zero-order chi connectivity index (χ0) is 13.8. The van der Waals surface area contributed by atoms with Crippen LogP contribution in [-0.4, -0.2) is 12.3 Å². The van der Waals surface area contributed by atoms with Crippen LogP contribution in [0.4, 0.5) is 0 Å². The molecule has 1 aromatic heterocycles. The van der Waals surface area contributed by atoms with Gasteiger partial charge in [0.05, 0.1) is 0 Å². The number of thiophene rings is 1. The Morgan fingerprint density at radius 2 is 2.06 bits per heavy atom. The standard InChI is InChI=1S/C15H25NOS/c1-11-9-12(10-18-11)14(17)6-5-13(7-8-16)15(2,3)4/h9-10,13H,5-8,16H2,1-4H3. The van der Waals surface area contributed by atoms with E-state index in [9.17, 15) is 4.79 Å². The predicted octanol–water partition coefficient (Wildman–Crippen LogP) is 4.03. The van der Waals surface area contributed by atoms with Crippen LogP contribution in [0, 0.1) is 18.3 Å². The third-order valence-corrected chi connectivity index (χ3v) is 4.37. The predicted molar refractivity (Wildman–Crippen MR) is 79.2 cm³/mol. The third-order valence-electron chi connectivity index (χ3n) is 3.51. The van der Waals surface area contributed by atoms with Gasteiger partial charge in [0.25, 0.3) is 0 Å². The molecule has 0 aliphatic carbocycles. The van der Waals surface area contributed by atoms with E-state index in [1.165, 1.54) is 4.88 Å². The maximum Gasteiger partial charge on any atom is 0.163 e. The van der Waals surface area contributed by atoms with E-state index in [0.717, 1.165) is 18.4 Å². The summed E-state index contributed by atoms with van der Waals surface area (Å²) in [5.74, 6) is 0.789. The summed E-state index contributed by atoms with van der Waals surface area (Å²) in [6.07, 6.45) is 2.58. The number of aryl methyl sites for hydroxylation is 1. The summed E-state index contributed by atoms with van der Waals surface area (Å²) in [7, 11) is 0. The molecule has 1 heterocycles. The number of carbonyl (C=O) groups excluding carboxylic acids is 1. The summed E-state index contributed by atoms with van der Waals surface area (Å²) < 4.78 is 0. The molecule has 102 valence electrons. The molecule has 0 aliphatic heterocycles. The summed E-state index contributed by atoms with van der Waals surface area (Å²) in [5, 5.41) is 1.96. The second kappa shape index (κ2) is 6.48. The van der Waals surface area contributed by atoms with Crippen molar-refractivity contribution in [1.82, 2.24) is 0 Å². The van der Waals surface area contributed by atoms with E-state index >= 15 is 0 Å². The van der Waals surface area contributed by atoms with E-state index in [1.807, 2.05) is 18.4 Å². The van der Waals surface area contributed by atoms with Crippen LogP contribution in [0.25, 0.3) is 0 Å². The summed E-state index contributed by atoms with van der Waals surface area (Å²) >= 11 is 1.64. The number of Topliss-reactive ketones (excluding diaryl/α,β-unsaturated/α-hetero) is 1. The first-order chi connectivity index (χ1) is 8.34. The summed E-state index contributed by atoms with van der Waals surface area (Å²) in [5.41, 5.74) is 6.76. The molecule has 0 saturated carbocycles. The number of rotatable bonds is 6. The van der Waals surface area contributed by atoms with Crippen molar-refractivity contribution in [2.75, 3.05) is 6.54 Å². The van der Waals surface area contributed by atoms with Crippen LogP contribution < -0.4 is 5.73 Å². The molecular formula is C15H25NOS. The number of hydrogen-bond donors (Lipinski definition) is 1. The molecule has 0 amide bonds. The highest BCUT2D eigenvalue weighted by Crippen LogP contribution is 2.32. The first-order valence-electron chi connectivity index (χ1n) is 6.63. The third kappa shape index (κ3) is 4.54. The highest BCUT2D eigenvalue weighted by molar-refractivity contribution is 7.10. The SMILES string of the molecule is Cc1cc(C(=O)CCC(CCN)C(C)(C)C)cs1. The number of carbonyl (C=O) groups is 1. The Morgan fingerprint density at radius 3 is 2.50 bits per heavy atom. The molecule has 0 aromatic carbocycles. The van der Waals surface area contributed by atoms with E-state index in [-0.39, 0.29) is 11.2 Å². The van der Waals surface area contributed by atoms with Crippen molar-refractivity contribution in [1.29, 1.82) is 0 Å². The van der Waals surface area contributed by atoms with Gasteiger partial charge in [0.2, 0.25) is 0 Å². The van der Waals surface area contributed by atoms with Gasteiger partial charge in [-0.05, 0) is 43.7 Å². The van der Waals surface area contributed by atoms with Gasteiger partial charge in [-0.3, -0.25) is 4.79 Å². The fraction of sp³-hybridized carbons (Fsp3) is 0.667. The molecule has 0 aliphatic rings. The molecule has 1 atom stereocenters. The fourth-order valence-electron chi connectivity index (χ4n) is 2.25. The van der Waals surface area contributed by atoms with E-state index in [0.29, 0.717) is 18.9 Å². The molecule has 2 nitrogen and oxygen atoms in total. The molecule has 0 bridgehead atoms. The van der Waals surface area contributed by atoms with Gasteiger partial charge in [-0.1, -0.05) is 20.8 Å². The Balaban J connectivity index is 2.55. The van der Waals surface area contributed by atoms with E-state index < -0.39 is 0 Å². The van der Waals surface area contributed by atoms with E-state index in [2.05, 4.69) is 20.8 Å². The van der Waals surface area contributed by atoms with Gasteiger partial charge in [-0.2, -0.15) is 0 Å². The van der Waals surface area contributed by atoms with Gasteiger partial charge in [0.15, 0.2) is 5.78 Å². The monoisotopic (exact) mass is 267 g/mol. The molecular weight excluding hydrogens is 242 g/mol. The number of ketones is 1. The molecule has 0 radical (unpaired) electrons. The summed E-state index contributed by atoms with van der Waals surface area (Å²) in [4.78, 5) is 13.3. The first kappa shape index (κ1) is 15.4. The van der Waals surface area contributed by atoms with Crippen molar-refractivity contribution in [3.05, 3.63) is 21.9 Å². The van der Waals surface area contributed by atoms with Crippen molar-refractivity contribution in [3.8, 4) is 0 Å². The van der Waals surface area contributed by atoms with Crippen LogP contribution in [0.3, 0.4) is 0 Å². The highest BCUT2D eigenvalue weighted by Gasteiger charge is 2.24. The van der Waals surface area contributed by atoms with Crippen LogP contribution in [0.5, 0.6) is 0 Å². The quantitative estimate of drug-likeness (QED) is 0.791. The molecule has 1 unspecified atom stereocenters. The molecule has 0 fully saturated rings. The van der Waals surface area contributed by atoms with Crippen LogP contribution in [-0.2, 0) is 0 Å². The fourth-order valence-corrected chi connectivity index (χ4v) is 2.96. The lowest BCUT2D eigenvalue weighted by Crippen LogP contribution is -2.24. The molecule has 1 rings (SSSR count). The zero-order valence-corrected chi connectivity index (χ0v) is 12.8. The Labute approximate surface area is 115 Å². The Morgan fingerprint density at radius 1 is 1.39 bits per heavy atom. The second-order valence-electron chi connectivity index (χ2n) is 6.05. The largest absolute Gasteiger partial charge is 0.330 e. The first-order valence-corrected chi connectivity index (χ1v) is 7.51. The topological polar surface area (TPSA) is 43.1 Å². The normalized spacial score (nSPS) is 13.6. The van der Waals surface area contributed by atoms with E-state index in [1.54, 1.807) is 11.3 Å². The minimum Gasteiger partial charge on any atom is -0.330 e. The van der Waals surface area contributed by atoms with Gasteiger partial charge >= 0.3 is 0 Å².